The van der Waals surface area contributed by atoms with E-state index in [0.29, 0.717) is 44.3 Å². The van der Waals surface area contributed by atoms with Crippen LogP contribution in [0.15, 0.2) is 27.3 Å². The first-order valence-electron chi connectivity index (χ1n) is 8.15. The fourth-order valence-corrected chi connectivity index (χ4v) is 1.94. The number of furan rings is 1. The van der Waals surface area contributed by atoms with Gasteiger partial charge in [-0.1, -0.05) is 25.9 Å². The number of nitrogens with zero attached hydrogens (tertiary/aromatic N) is 2. The number of rotatable bonds is 9. The first-order valence-corrected chi connectivity index (χ1v) is 8.15. The van der Waals surface area contributed by atoms with Crippen LogP contribution in [0.5, 0.6) is 0 Å². The first kappa shape index (κ1) is 18.2. The fourth-order valence-electron chi connectivity index (χ4n) is 1.94. The number of aromatic nitrogens is 2. The van der Waals surface area contributed by atoms with Crippen molar-refractivity contribution in [2.24, 2.45) is 0 Å². The van der Waals surface area contributed by atoms with Crippen LogP contribution in [0.2, 0.25) is 0 Å². The van der Waals surface area contributed by atoms with Gasteiger partial charge in [0.15, 0.2) is 5.82 Å². The molecule has 0 unspecified atom stereocenters. The average Bonchev–Trinajstić information content (AvgIpc) is 3.19. The van der Waals surface area contributed by atoms with Crippen LogP contribution in [0.4, 0.5) is 0 Å². The van der Waals surface area contributed by atoms with Gasteiger partial charge in [-0.25, -0.2) is 0 Å². The van der Waals surface area contributed by atoms with Crippen LogP contribution in [0, 0.1) is 0 Å². The summed E-state index contributed by atoms with van der Waals surface area (Å²) in [6.45, 7) is 7.65. The summed E-state index contributed by atoms with van der Waals surface area (Å²) >= 11 is 0. The van der Waals surface area contributed by atoms with Crippen molar-refractivity contribution >= 4 is 5.91 Å². The van der Waals surface area contributed by atoms with Crippen molar-refractivity contribution in [3.63, 3.8) is 0 Å². The summed E-state index contributed by atoms with van der Waals surface area (Å²) in [6, 6.07) is 3.69. The molecule has 24 heavy (non-hydrogen) atoms. The second-order valence-electron chi connectivity index (χ2n) is 6.60. The Bertz CT molecular complexity index is 614. The highest BCUT2D eigenvalue weighted by molar-refractivity contribution is 5.75. The smallest absolute Gasteiger partial charge is 0.227 e. The number of carbonyl (C=O) groups excluding carboxylic acids is 1. The van der Waals surface area contributed by atoms with Crippen LogP contribution in [0.1, 0.15) is 51.1 Å². The average molecular weight is 335 g/mol. The lowest BCUT2D eigenvalue weighted by molar-refractivity contribution is -0.121. The van der Waals surface area contributed by atoms with Crippen LogP contribution in [0.3, 0.4) is 0 Å². The molecule has 0 aliphatic carbocycles. The van der Waals surface area contributed by atoms with E-state index in [-0.39, 0.29) is 11.3 Å². The van der Waals surface area contributed by atoms with Crippen molar-refractivity contribution in [1.82, 2.24) is 15.5 Å². The molecule has 1 N–H and O–H groups in total. The Labute approximate surface area is 141 Å². The fraction of sp³-hybridized carbons (Fsp3) is 0.588. The lowest BCUT2D eigenvalue weighted by Crippen LogP contribution is -2.25. The summed E-state index contributed by atoms with van der Waals surface area (Å²) < 4.78 is 15.8. The maximum atomic E-state index is 11.8. The minimum atomic E-state index is -0.153. The minimum absolute atomic E-state index is 0.0310. The van der Waals surface area contributed by atoms with Crippen LogP contribution in [-0.2, 0) is 28.0 Å². The quantitative estimate of drug-likeness (QED) is 0.708. The van der Waals surface area contributed by atoms with Gasteiger partial charge in [-0.3, -0.25) is 4.79 Å². The Morgan fingerprint density at radius 3 is 2.88 bits per heavy atom. The summed E-state index contributed by atoms with van der Waals surface area (Å²) in [7, 11) is 0. The third-order valence-electron chi connectivity index (χ3n) is 3.32. The molecule has 2 aromatic rings. The monoisotopic (exact) mass is 335 g/mol. The summed E-state index contributed by atoms with van der Waals surface area (Å²) in [4.78, 5) is 16.1. The Kier molecular flexibility index (Phi) is 6.54. The second kappa shape index (κ2) is 8.63. The van der Waals surface area contributed by atoms with Gasteiger partial charge in [-0.2, -0.15) is 4.98 Å². The first-order chi connectivity index (χ1) is 11.4. The highest BCUT2D eigenvalue weighted by Gasteiger charge is 2.21. The van der Waals surface area contributed by atoms with Gasteiger partial charge in [-0.05, 0) is 18.6 Å². The highest BCUT2D eigenvalue weighted by atomic mass is 16.5. The van der Waals surface area contributed by atoms with E-state index in [1.807, 2.05) is 32.9 Å². The molecule has 0 saturated carbocycles. The van der Waals surface area contributed by atoms with Gasteiger partial charge in [0.25, 0.3) is 0 Å². The summed E-state index contributed by atoms with van der Waals surface area (Å²) in [6.07, 6.45) is 3.15. The number of hydrogen-bond acceptors (Lipinski definition) is 6. The summed E-state index contributed by atoms with van der Waals surface area (Å²) in [5.41, 5.74) is -0.153. The van der Waals surface area contributed by atoms with Gasteiger partial charge in [0.2, 0.25) is 11.8 Å². The maximum absolute atomic E-state index is 11.8. The topological polar surface area (TPSA) is 90.4 Å². The summed E-state index contributed by atoms with van der Waals surface area (Å²) in [5.74, 6) is 1.92. The molecule has 0 radical (unpaired) electrons. The standard InChI is InChI=1S/C17H25N3O4/c1-17(2,3)16-19-15(24-20-16)8-7-14(21)18-9-5-10-22-12-13-6-4-11-23-13/h4,6,11H,5,7-10,12H2,1-3H3,(H,18,21). The van der Waals surface area contributed by atoms with E-state index >= 15 is 0 Å². The van der Waals surface area contributed by atoms with Crippen molar-refractivity contribution < 1.29 is 18.5 Å². The number of amides is 1. The van der Waals surface area contributed by atoms with E-state index in [4.69, 9.17) is 13.7 Å². The van der Waals surface area contributed by atoms with E-state index in [1.54, 1.807) is 6.26 Å². The lowest BCUT2D eigenvalue weighted by atomic mass is 9.96. The number of nitrogens with one attached hydrogen (secondary N) is 1. The molecule has 132 valence electrons. The van der Waals surface area contributed by atoms with Gasteiger partial charge in [0, 0.05) is 31.4 Å². The van der Waals surface area contributed by atoms with Crippen LogP contribution in [0.25, 0.3) is 0 Å². The number of carbonyl (C=O) groups is 1. The number of aryl methyl sites for hydroxylation is 1. The van der Waals surface area contributed by atoms with Gasteiger partial charge < -0.3 is 19.0 Å². The van der Waals surface area contributed by atoms with E-state index in [9.17, 15) is 4.79 Å². The molecule has 7 heteroatoms. The lowest BCUT2D eigenvalue weighted by Gasteiger charge is -2.10. The number of hydrogen-bond donors (Lipinski definition) is 1. The van der Waals surface area contributed by atoms with Crippen LogP contribution < -0.4 is 5.32 Å². The maximum Gasteiger partial charge on any atom is 0.227 e. The molecule has 2 rings (SSSR count). The molecule has 0 fully saturated rings. The predicted molar refractivity (Wildman–Crippen MR) is 87.3 cm³/mol. The molecule has 0 bridgehead atoms. The normalized spacial score (nSPS) is 11.6. The summed E-state index contributed by atoms with van der Waals surface area (Å²) in [5, 5.41) is 6.79. The molecule has 2 aromatic heterocycles. The molecule has 7 nitrogen and oxygen atoms in total. The molecule has 0 spiro atoms. The second-order valence-corrected chi connectivity index (χ2v) is 6.60. The number of ether oxygens (including phenoxy) is 1. The van der Waals surface area contributed by atoms with Crippen molar-refractivity contribution in [2.75, 3.05) is 13.2 Å². The molecule has 0 saturated heterocycles. The predicted octanol–water partition coefficient (Wildman–Crippen LogP) is 2.62. The van der Waals surface area contributed by atoms with Gasteiger partial charge >= 0.3 is 0 Å². The van der Waals surface area contributed by atoms with Gasteiger partial charge in [0.1, 0.15) is 12.4 Å². The largest absolute Gasteiger partial charge is 0.467 e. The Morgan fingerprint density at radius 1 is 1.38 bits per heavy atom. The molecular weight excluding hydrogens is 310 g/mol. The van der Waals surface area contributed by atoms with E-state index in [0.717, 1.165) is 12.2 Å². The molecule has 0 atom stereocenters. The van der Waals surface area contributed by atoms with E-state index in [1.165, 1.54) is 0 Å². The SMILES string of the molecule is CC(C)(C)c1noc(CCC(=O)NCCCOCc2ccco2)n1. The minimum Gasteiger partial charge on any atom is -0.467 e. The zero-order valence-corrected chi connectivity index (χ0v) is 14.5. The van der Waals surface area contributed by atoms with Crippen molar-refractivity contribution in [3.8, 4) is 0 Å². The molecule has 0 aliphatic heterocycles. The molecule has 2 heterocycles. The van der Waals surface area contributed by atoms with Crippen molar-refractivity contribution in [3.05, 3.63) is 35.9 Å². The van der Waals surface area contributed by atoms with Crippen LogP contribution >= 0.6 is 0 Å². The Morgan fingerprint density at radius 2 is 2.21 bits per heavy atom. The molecule has 0 aliphatic rings. The van der Waals surface area contributed by atoms with Gasteiger partial charge in [-0.15, -0.1) is 0 Å². The molecule has 1 amide bonds. The van der Waals surface area contributed by atoms with E-state index < -0.39 is 0 Å². The van der Waals surface area contributed by atoms with Crippen LogP contribution in [-0.4, -0.2) is 29.2 Å². The van der Waals surface area contributed by atoms with Crippen molar-refractivity contribution in [1.29, 1.82) is 0 Å². The Balaban J connectivity index is 1.54. The molecule has 0 aromatic carbocycles. The molecular formula is C17H25N3O4. The van der Waals surface area contributed by atoms with Crippen molar-refractivity contribution in [2.45, 2.75) is 52.1 Å². The van der Waals surface area contributed by atoms with Gasteiger partial charge in [0.05, 0.1) is 6.26 Å². The zero-order valence-electron chi connectivity index (χ0n) is 14.5. The third-order valence-corrected chi connectivity index (χ3v) is 3.32. The van der Waals surface area contributed by atoms with E-state index in [2.05, 4.69) is 15.5 Å². The third kappa shape index (κ3) is 6.16. The Hall–Kier alpha value is -2.15. The zero-order chi connectivity index (χ0) is 17.4. The highest BCUT2D eigenvalue weighted by Crippen LogP contribution is 2.18.